The molecule has 19 heavy (non-hydrogen) atoms. The third-order valence-corrected chi connectivity index (χ3v) is 3.62. The third kappa shape index (κ3) is 4.06. The fourth-order valence-corrected chi connectivity index (χ4v) is 2.32. The number of aromatic nitrogens is 3. The van der Waals surface area contributed by atoms with E-state index in [4.69, 9.17) is 0 Å². The highest BCUT2D eigenvalue weighted by Crippen LogP contribution is 2.07. The van der Waals surface area contributed by atoms with Gasteiger partial charge in [-0.25, -0.2) is 0 Å². The van der Waals surface area contributed by atoms with Gasteiger partial charge in [-0.3, -0.25) is 4.99 Å². The van der Waals surface area contributed by atoms with Crippen LogP contribution in [0.3, 0.4) is 0 Å². The Bertz CT molecular complexity index is 516. The second-order valence-electron chi connectivity index (χ2n) is 4.04. The molecule has 0 fully saturated rings. The van der Waals surface area contributed by atoms with Crippen LogP contribution < -0.4 is 10.6 Å². The number of aliphatic imine (C=N–C) groups is 1. The van der Waals surface area contributed by atoms with Crippen LogP contribution in [0.25, 0.3) is 0 Å². The molecule has 7 heteroatoms. The minimum Gasteiger partial charge on any atom is -0.356 e. The predicted molar refractivity (Wildman–Crippen MR) is 77.2 cm³/mol. The maximum absolute atomic E-state index is 4.18. The highest BCUT2D eigenvalue weighted by molar-refractivity contribution is 7.09. The Morgan fingerprint density at radius 3 is 3.00 bits per heavy atom. The average molecular weight is 278 g/mol. The summed E-state index contributed by atoms with van der Waals surface area (Å²) in [6.07, 6.45) is 2.69. The normalized spacial score (nSPS) is 11.6. The standard InChI is InChI=1S/C12H18N6S/c1-13-12(14-6-5-10-4-3-7-19-10)15-8-11-17-16-9-18(11)2/h3-4,7,9H,5-6,8H2,1-2H3,(H2,13,14,15). The van der Waals surface area contributed by atoms with Gasteiger partial charge in [0.2, 0.25) is 0 Å². The highest BCUT2D eigenvalue weighted by atomic mass is 32.1. The van der Waals surface area contributed by atoms with Crippen LogP contribution in [-0.2, 0) is 20.0 Å². The maximum atomic E-state index is 4.18. The third-order valence-electron chi connectivity index (χ3n) is 2.69. The molecular formula is C12H18N6S. The van der Waals surface area contributed by atoms with Crippen LogP contribution in [0, 0.1) is 0 Å². The van der Waals surface area contributed by atoms with Crippen LogP contribution in [0.1, 0.15) is 10.7 Å². The summed E-state index contributed by atoms with van der Waals surface area (Å²) in [5, 5.41) is 16.4. The van der Waals surface area contributed by atoms with Gasteiger partial charge < -0.3 is 15.2 Å². The fraction of sp³-hybridized carbons (Fsp3) is 0.417. The minimum atomic E-state index is 0.606. The van der Waals surface area contributed by atoms with Gasteiger partial charge in [-0.1, -0.05) is 6.07 Å². The van der Waals surface area contributed by atoms with E-state index < -0.39 is 0 Å². The molecule has 2 aromatic heterocycles. The van der Waals surface area contributed by atoms with E-state index in [1.54, 1.807) is 24.7 Å². The van der Waals surface area contributed by atoms with Crippen LogP contribution in [0.2, 0.25) is 0 Å². The summed E-state index contributed by atoms with van der Waals surface area (Å²) in [6.45, 7) is 1.47. The molecule has 0 saturated carbocycles. The second-order valence-corrected chi connectivity index (χ2v) is 5.07. The second kappa shape index (κ2) is 6.89. The van der Waals surface area contributed by atoms with E-state index in [1.807, 2.05) is 11.6 Å². The first-order valence-electron chi connectivity index (χ1n) is 6.09. The van der Waals surface area contributed by atoms with E-state index >= 15 is 0 Å². The summed E-state index contributed by atoms with van der Waals surface area (Å²) in [7, 11) is 3.68. The molecule has 0 radical (unpaired) electrons. The molecule has 0 spiro atoms. The average Bonchev–Trinajstić information content (AvgIpc) is 3.05. The summed E-state index contributed by atoms with van der Waals surface area (Å²) >= 11 is 1.77. The Morgan fingerprint density at radius 1 is 1.47 bits per heavy atom. The van der Waals surface area contributed by atoms with Crippen LogP contribution in [-0.4, -0.2) is 34.3 Å². The van der Waals surface area contributed by atoms with Gasteiger partial charge >= 0.3 is 0 Å². The molecule has 0 bridgehead atoms. The Hall–Kier alpha value is -1.89. The van der Waals surface area contributed by atoms with Gasteiger partial charge in [0, 0.05) is 25.5 Å². The maximum Gasteiger partial charge on any atom is 0.191 e. The van der Waals surface area contributed by atoms with Gasteiger partial charge in [0.1, 0.15) is 6.33 Å². The molecule has 2 N–H and O–H groups in total. The quantitative estimate of drug-likeness (QED) is 0.627. The summed E-state index contributed by atoms with van der Waals surface area (Å²) in [6, 6.07) is 4.21. The van der Waals surface area contributed by atoms with Crippen molar-refractivity contribution in [3.05, 3.63) is 34.5 Å². The molecule has 0 unspecified atom stereocenters. The zero-order chi connectivity index (χ0) is 13.5. The van der Waals surface area contributed by atoms with Crippen molar-refractivity contribution in [2.45, 2.75) is 13.0 Å². The minimum absolute atomic E-state index is 0.606. The molecule has 6 nitrogen and oxygen atoms in total. The van der Waals surface area contributed by atoms with Gasteiger partial charge in [0.25, 0.3) is 0 Å². The van der Waals surface area contributed by atoms with Gasteiger partial charge in [0.15, 0.2) is 11.8 Å². The zero-order valence-electron chi connectivity index (χ0n) is 11.1. The van der Waals surface area contributed by atoms with Crippen molar-refractivity contribution in [2.24, 2.45) is 12.0 Å². The first kappa shape index (κ1) is 13.5. The van der Waals surface area contributed by atoms with E-state index in [-0.39, 0.29) is 0 Å². The van der Waals surface area contributed by atoms with E-state index in [0.717, 1.165) is 24.7 Å². The number of hydrogen-bond donors (Lipinski definition) is 2. The molecule has 0 atom stereocenters. The predicted octanol–water partition coefficient (Wildman–Crippen LogP) is 0.784. The van der Waals surface area contributed by atoms with Crippen LogP contribution in [0.4, 0.5) is 0 Å². The van der Waals surface area contributed by atoms with Crippen molar-refractivity contribution in [3.63, 3.8) is 0 Å². The molecular weight excluding hydrogens is 260 g/mol. The van der Waals surface area contributed by atoms with Gasteiger partial charge in [-0.2, -0.15) is 0 Å². The van der Waals surface area contributed by atoms with E-state index in [2.05, 4.69) is 43.3 Å². The summed E-state index contributed by atoms with van der Waals surface area (Å²) in [4.78, 5) is 5.55. The molecule has 2 rings (SSSR count). The van der Waals surface area contributed by atoms with E-state index in [9.17, 15) is 0 Å². The molecule has 0 aliphatic carbocycles. The largest absolute Gasteiger partial charge is 0.356 e. The molecule has 0 aliphatic heterocycles. The molecule has 2 heterocycles. The molecule has 0 amide bonds. The van der Waals surface area contributed by atoms with Gasteiger partial charge in [-0.15, -0.1) is 21.5 Å². The number of thiophene rings is 1. The Labute approximate surface area is 116 Å². The zero-order valence-corrected chi connectivity index (χ0v) is 11.9. The first-order chi connectivity index (χ1) is 9.29. The molecule has 102 valence electrons. The number of rotatable bonds is 5. The van der Waals surface area contributed by atoms with Crippen molar-refractivity contribution in [1.82, 2.24) is 25.4 Å². The topological polar surface area (TPSA) is 67.1 Å². The monoisotopic (exact) mass is 278 g/mol. The van der Waals surface area contributed by atoms with Gasteiger partial charge in [-0.05, 0) is 17.9 Å². The SMILES string of the molecule is CN=C(NCCc1cccs1)NCc1nncn1C. The van der Waals surface area contributed by atoms with Crippen molar-refractivity contribution >= 4 is 17.3 Å². The van der Waals surface area contributed by atoms with Crippen molar-refractivity contribution in [3.8, 4) is 0 Å². The summed E-state index contributed by atoms with van der Waals surface area (Å²) in [5.41, 5.74) is 0. The first-order valence-corrected chi connectivity index (χ1v) is 6.97. The molecule has 2 aromatic rings. The molecule has 0 saturated heterocycles. The summed E-state index contributed by atoms with van der Waals surface area (Å²) in [5.74, 6) is 1.65. The van der Waals surface area contributed by atoms with E-state index in [0.29, 0.717) is 6.54 Å². The number of aryl methyl sites for hydroxylation is 1. The van der Waals surface area contributed by atoms with Crippen LogP contribution >= 0.6 is 11.3 Å². The lowest BCUT2D eigenvalue weighted by Gasteiger charge is -2.10. The Balaban J connectivity index is 1.73. The lowest BCUT2D eigenvalue weighted by molar-refractivity contribution is 0.724. The summed E-state index contributed by atoms with van der Waals surface area (Å²) < 4.78 is 1.88. The lowest BCUT2D eigenvalue weighted by Crippen LogP contribution is -2.38. The van der Waals surface area contributed by atoms with Crippen molar-refractivity contribution < 1.29 is 0 Å². The highest BCUT2D eigenvalue weighted by Gasteiger charge is 2.02. The lowest BCUT2D eigenvalue weighted by atomic mass is 10.3. The van der Waals surface area contributed by atoms with E-state index in [1.165, 1.54) is 4.88 Å². The van der Waals surface area contributed by atoms with Crippen LogP contribution in [0.15, 0.2) is 28.8 Å². The van der Waals surface area contributed by atoms with Crippen molar-refractivity contribution in [1.29, 1.82) is 0 Å². The van der Waals surface area contributed by atoms with Gasteiger partial charge in [0.05, 0.1) is 6.54 Å². The fourth-order valence-electron chi connectivity index (χ4n) is 1.61. The van der Waals surface area contributed by atoms with Crippen molar-refractivity contribution in [2.75, 3.05) is 13.6 Å². The number of nitrogens with one attached hydrogen (secondary N) is 2. The number of guanidine groups is 1. The number of nitrogens with zero attached hydrogens (tertiary/aromatic N) is 4. The molecule has 0 aliphatic rings. The molecule has 0 aromatic carbocycles. The van der Waals surface area contributed by atoms with Crippen LogP contribution in [0.5, 0.6) is 0 Å². The Kier molecular flexibility index (Phi) is 4.91. The Morgan fingerprint density at radius 2 is 2.37 bits per heavy atom. The number of hydrogen-bond acceptors (Lipinski definition) is 4. The smallest absolute Gasteiger partial charge is 0.191 e.